The van der Waals surface area contributed by atoms with Crippen LogP contribution in [0.5, 0.6) is 5.75 Å². The molecule has 5 rings (SSSR count). The topological polar surface area (TPSA) is 58.6 Å². The fourth-order valence-electron chi connectivity index (χ4n) is 7.82. The summed E-state index contributed by atoms with van der Waals surface area (Å²) >= 11 is 0. The number of fused-ring (bicyclic) bond motifs is 5. The summed E-state index contributed by atoms with van der Waals surface area (Å²) in [6, 6.07) is 7.27. The van der Waals surface area contributed by atoms with Crippen LogP contribution in [0.25, 0.3) is 0 Å². The van der Waals surface area contributed by atoms with Gasteiger partial charge < -0.3 is 15.0 Å². The van der Waals surface area contributed by atoms with Crippen molar-refractivity contribution in [1.29, 1.82) is 0 Å². The minimum Gasteiger partial charge on any atom is -0.497 e. The maximum absolute atomic E-state index is 13.3. The molecule has 1 aromatic rings. The lowest BCUT2D eigenvalue weighted by Gasteiger charge is -2.58. The van der Waals surface area contributed by atoms with Crippen LogP contribution in [-0.2, 0) is 9.59 Å². The number of benzene rings is 1. The second-order valence-corrected chi connectivity index (χ2v) is 11.1. The van der Waals surface area contributed by atoms with E-state index < -0.39 is 5.92 Å². The second kappa shape index (κ2) is 7.64. The summed E-state index contributed by atoms with van der Waals surface area (Å²) in [5, 5.41) is 2.98. The number of carbonyl (C=O) groups is 2. The molecular formula is C27H36N2O3. The molecule has 1 unspecified atom stereocenters. The largest absolute Gasteiger partial charge is 0.497 e. The molecule has 0 radical (unpaired) electrons. The van der Waals surface area contributed by atoms with Crippen molar-refractivity contribution < 1.29 is 14.3 Å². The Balaban J connectivity index is 1.41. The molecule has 1 aliphatic heterocycles. The zero-order valence-corrected chi connectivity index (χ0v) is 19.8. The number of anilines is 1. The number of allylic oxidation sites excluding steroid dienone is 2. The Morgan fingerprint density at radius 3 is 2.59 bits per heavy atom. The Kier molecular flexibility index (Phi) is 5.14. The summed E-state index contributed by atoms with van der Waals surface area (Å²) in [5.41, 5.74) is 2.21. The Morgan fingerprint density at radius 2 is 1.88 bits per heavy atom. The zero-order valence-electron chi connectivity index (χ0n) is 19.8. The number of ether oxygens (including phenoxy) is 1. The maximum atomic E-state index is 13.3. The van der Waals surface area contributed by atoms with Crippen molar-refractivity contribution in [1.82, 2.24) is 4.90 Å². The van der Waals surface area contributed by atoms with E-state index in [9.17, 15) is 9.59 Å². The Labute approximate surface area is 191 Å². The van der Waals surface area contributed by atoms with Crippen molar-refractivity contribution >= 4 is 17.5 Å². The summed E-state index contributed by atoms with van der Waals surface area (Å²) in [7, 11) is 3.48. The number of amides is 2. The van der Waals surface area contributed by atoms with E-state index in [0.29, 0.717) is 29.4 Å². The summed E-state index contributed by atoms with van der Waals surface area (Å²) in [5.74, 6) is 1.81. The number of methoxy groups -OCH3 is 1. The number of rotatable bonds is 3. The van der Waals surface area contributed by atoms with Crippen molar-refractivity contribution in [2.24, 2.45) is 34.5 Å². The lowest BCUT2D eigenvalue weighted by Crippen LogP contribution is -2.57. The number of piperidine rings is 1. The molecule has 1 aromatic carbocycles. The third kappa shape index (κ3) is 3.19. The Hall–Kier alpha value is -2.30. The normalized spacial score (nSPS) is 38.3. The van der Waals surface area contributed by atoms with Gasteiger partial charge in [0.05, 0.1) is 7.11 Å². The van der Waals surface area contributed by atoms with Gasteiger partial charge in [-0.15, -0.1) is 0 Å². The monoisotopic (exact) mass is 436 g/mol. The predicted octanol–water partition coefficient (Wildman–Crippen LogP) is 5.24. The van der Waals surface area contributed by atoms with Crippen LogP contribution in [0.3, 0.4) is 0 Å². The van der Waals surface area contributed by atoms with Gasteiger partial charge in [-0.3, -0.25) is 9.59 Å². The Bertz CT molecular complexity index is 954. The number of carbonyl (C=O) groups excluding carboxylic acids is 2. The van der Waals surface area contributed by atoms with E-state index in [1.54, 1.807) is 12.0 Å². The molecule has 1 N–H and O–H groups in total. The van der Waals surface area contributed by atoms with Crippen LogP contribution in [0.15, 0.2) is 36.0 Å². The van der Waals surface area contributed by atoms with Crippen molar-refractivity contribution in [2.75, 3.05) is 19.5 Å². The maximum Gasteiger partial charge on any atom is 0.239 e. The van der Waals surface area contributed by atoms with Crippen molar-refractivity contribution in [3.8, 4) is 5.75 Å². The summed E-state index contributed by atoms with van der Waals surface area (Å²) in [6.07, 6.45) is 10.6. The minimum absolute atomic E-state index is 0.0836. The molecule has 3 fully saturated rings. The number of nitrogens with zero attached hydrogens (tertiary/aromatic N) is 1. The zero-order chi connectivity index (χ0) is 22.7. The van der Waals surface area contributed by atoms with Crippen LogP contribution in [-0.4, -0.2) is 30.9 Å². The average Bonchev–Trinajstić information content (AvgIpc) is 3.18. The molecule has 2 saturated carbocycles. The highest BCUT2D eigenvalue weighted by molar-refractivity contribution is 6.07. The quantitative estimate of drug-likeness (QED) is 0.660. The van der Waals surface area contributed by atoms with Gasteiger partial charge >= 0.3 is 0 Å². The molecule has 0 aromatic heterocycles. The lowest BCUT2D eigenvalue weighted by atomic mass is 9.49. The van der Waals surface area contributed by atoms with Gasteiger partial charge in [-0.2, -0.15) is 0 Å². The highest BCUT2D eigenvalue weighted by Crippen LogP contribution is 2.64. The van der Waals surface area contributed by atoms with Gasteiger partial charge in [-0.1, -0.05) is 26.3 Å². The van der Waals surface area contributed by atoms with Crippen LogP contribution in [0.2, 0.25) is 0 Å². The van der Waals surface area contributed by atoms with Crippen molar-refractivity contribution in [2.45, 2.75) is 58.8 Å². The molecule has 0 bridgehead atoms. The van der Waals surface area contributed by atoms with E-state index >= 15 is 0 Å². The molecule has 4 aliphatic rings. The smallest absolute Gasteiger partial charge is 0.239 e. The average molecular weight is 437 g/mol. The first-order valence-corrected chi connectivity index (χ1v) is 12.2. The van der Waals surface area contributed by atoms with Crippen molar-refractivity contribution in [3.05, 3.63) is 36.0 Å². The van der Waals surface area contributed by atoms with E-state index in [1.807, 2.05) is 31.3 Å². The summed E-state index contributed by atoms with van der Waals surface area (Å²) in [6.45, 7) is 4.83. The van der Waals surface area contributed by atoms with Crippen LogP contribution in [0, 0.1) is 34.5 Å². The van der Waals surface area contributed by atoms with Crippen LogP contribution >= 0.6 is 0 Å². The number of hydrogen-bond acceptors (Lipinski definition) is 3. The third-order valence-electron chi connectivity index (χ3n) is 9.50. The van der Waals surface area contributed by atoms with Gasteiger partial charge in [-0.25, -0.2) is 0 Å². The molecule has 32 heavy (non-hydrogen) atoms. The predicted molar refractivity (Wildman–Crippen MR) is 125 cm³/mol. The van der Waals surface area contributed by atoms with E-state index in [1.165, 1.54) is 32.1 Å². The molecule has 2 amide bonds. The summed E-state index contributed by atoms with van der Waals surface area (Å²) < 4.78 is 5.20. The molecule has 5 heteroatoms. The highest BCUT2D eigenvalue weighted by Gasteiger charge is 2.59. The van der Waals surface area contributed by atoms with Gasteiger partial charge in [0, 0.05) is 23.8 Å². The van der Waals surface area contributed by atoms with Gasteiger partial charge in [0.15, 0.2) is 0 Å². The molecule has 0 spiro atoms. The van der Waals surface area contributed by atoms with Crippen LogP contribution < -0.4 is 10.1 Å². The van der Waals surface area contributed by atoms with Crippen molar-refractivity contribution in [3.63, 3.8) is 0 Å². The first-order valence-electron chi connectivity index (χ1n) is 12.2. The SMILES string of the molecule is COc1ccc(NC(=O)C2C[C@@]3(C)C(=CC[C@@H]4[C@H]3CC[C@]3(C)CCC[C@@H]43)N(C)C2=O)cc1. The molecule has 5 nitrogen and oxygen atoms in total. The number of hydrogen-bond donors (Lipinski definition) is 1. The fraction of sp³-hybridized carbons (Fsp3) is 0.630. The molecule has 1 heterocycles. The van der Waals surface area contributed by atoms with Gasteiger partial charge in [0.2, 0.25) is 11.8 Å². The number of likely N-dealkylation sites (tertiary alicyclic amines) is 1. The second-order valence-electron chi connectivity index (χ2n) is 11.1. The van der Waals surface area contributed by atoms with Gasteiger partial charge in [-0.05, 0) is 86.0 Å². The molecule has 3 aliphatic carbocycles. The molecule has 6 atom stereocenters. The molecule has 1 saturated heterocycles. The van der Waals surface area contributed by atoms with Crippen LogP contribution in [0.1, 0.15) is 58.8 Å². The van der Waals surface area contributed by atoms with E-state index in [-0.39, 0.29) is 17.2 Å². The van der Waals surface area contributed by atoms with E-state index in [2.05, 4.69) is 25.2 Å². The van der Waals surface area contributed by atoms with E-state index in [4.69, 9.17) is 4.74 Å². The fourth-order valence-corrected chi connectivity index (χ4v) is 7.82. The molecule has 172 valence electrons. The highest BCUT2D eigenvalue weighted by atomic mass is 16.5. The molecular weight excluding hydrogens is 400 g/mol. The number of nitrogens with one attached hydrogen (secondary N) is 1. The standard InChI is InChI=1S/C27H36N2O3/c1-26-14-5-6-21(26)19-11-12-23-27(2,22(19)13-15-26)16-20(25(31)29(23)3)24(30)28-17-7-9-18(32-4)10-8-17/h7-10,12,19-22H,5-6,11,13-16H2,1-4H3,(H,28,30)/t19-,20?,21-,22+,26-,27+/m0/s1. The van der Waals surface area contributed by atoms with E-state index in [0.717, 1.165) is 23.8 Å². The third-order valence-corrected chi connectivity index (χ3v) is 9.50. The minimum atomic E-state index is -0.653. The lowest BCUT2D eigenvalue weighted by molar-refractivity contribution is -0.147. The first-order chi connectivity index (χ1) is 15.3. The summed E-state index contributed by atoms with van der Waals surface area (Å²) in [4.78, 5) is 28.3. The van der Waals surface area contributed by atoms with Crippen LogP contribution in [0.4, 0.5) is 5.69 Å². The van der Waals surface area contributed by atoms with Gasteiger partial charge in [0.1, 0.15) is 11.7 Å². The first kappa shape index (κ1) is 21.5. The van der Waals surface area contributed by atoms with Gasteiger partial charge in [0.25, 0.3) is 0 Å². The Morgan fingerprint density at radius 1 is 1.12 bits per heavy atom.